The van der Waals surface area contributed by atoms with E-state index in [2.05, 4.69) is 40.0 Å². The summed E-state index contributed by atoms with van der Waals surface area (Å²) in [6, 6.07) is 8.35. The molecule has 0 N–H and O–H groups in total. The number of carbonyl (C=O) groups is 1. The summed E-state index contributed by atoms with van der Waals surface area (Å²) in [6.45, 7) is 4.90. The number of Topliss-reactive ketones (excluding diaryl/α,β-unsaturated/α-hetero) is 1. The Hall–Kier alpha value is -2.53. The molecular formula is C22H26N4O. The smallest absolute Gasteiger partial charge is 0.152 e. The molecular weight excluding hydrogens is 336 g/mol. The van der Waals surface area contributed by atoms with Crippen LogP contribution in [-0.2, 0) is 18.3 Å². The molecule has 4 rings (SSSR count). The summed E-state index contributed by atoms with van der Waals surface area (Å²) >= 11 is 0. The molecule has 27 heavy (non-hydrogen) atoms. The van der Waals surface area contributed by atoms with Crippen molar-refractivity contribution in [2.45, 2.75) is 26.2 Å². The van der Waals surface area contributed by atoms with E-state index in [1.807, 2.05) is 30.1 Å². The Labute approximate surface area is 160 Å². The van der Waals surface area contributed by atoms with Gasteiger partial charge in [0.15, 0.2) is 5.78 Å². The van der Waals surface area contributed by atoms with Crippen LogP contribution in [0.2, 0.25) is 0 Å². The lowest BCUT2D eigenvalue weighted by molar-refractivity contribution is -0.119. The number of aryl methyl sites for hydroxylation is 1. The van der Waals surface area contributed by atoms with Crippen LogP contribution >= 0.6 is 0 Å². The number of carbonyl (C=O) groups excluding carboxylic acids is 1. The summed E-state index contributed by atoms with van der Waals surface area (Å²) in [5, 5.41) is 2.19. The molecule has 140 valence electrons. The molecule has 3 aromatic rings. The highest BCUT2D eigenvalue weighted by molar-refractivity contribution is 5.88. The van der Waals surface area contributed by atoms with E-state index in [1.54, 1.807) is 6.33 Å². The van der Waals surface area contributed by atoms with Gasteiger partial charge in [-0.2, -0.15) is 0 Å². The van der Waals surface area contributed by atoms with Crippen LogP contribution in [0.3, 0.4) is 0 Å². The van der Waals surface area contributed by atoms with Gasteiger partial charge in [0.05, 0.1) is 31.2 Å². The third-order valence-corrected chi connectivity index (χ3v) is 5.55. The standard InChI is InChI=1S/C22H26N4O/c1-16-5-7-26(8-6-16)14-21(27)11-20-10-19-9-17(3-4-18(19)12-24-20)22-13-23-15-25(22)2/h3-4,9-10,12-13,15-16H,5-8,11,14H2,1-2H3. The number of hydrogen-bond acceptors (Lipinski definition) is 4. The fourth-order valence-corrected chi connectivity index (χ4v) is 3.81. The molecule has 0 spiro atoms. The van der Waals surface area contributed by atoms with E-state index in [-0.39, 0.29) is 5.78 Å². The number of rotatable bonds is 5. The number of ketones is 1. The molecule has 1 aromatic carbocycles. The van der Waals surface area contributed by atoms with Crippen LogP contribution in [0.4, 0.5) is 0 Å². The Morgan fingerprint density at radius 2 is 1.96 bits per heavy atom. The minimum absolute atomic E-state index is 0.249. The monoisotopic (exact) mass is 362 g/mol. The maximum atomic E-state index is 12.5. The van der Waals surface area contributed by atoms with Crippen molar-refractivity contribution in [3.05, 3.63) is 48.7 Å². The highest BCUT2D eigenvalue weighted by Crippen LogP contribution is 2.24. The molecule has 0 saturated carbocycles. The fraction of sp³-hybridized carbons (Fsp3) is 0.409. The van der Waals surface area contributed by atoms with Crippen molar-refractivity contribution in [3.8, 4) is 11.3 Å². The lowest BCUT2D eigenvalue weighted by Crippen LogP contribution is -2.37. The molecule has 5 nitrogen and oxygen atoms in total. The molecule has 3 heterocycles. The number of fused-ring (bicyclic) bond motifs is 1. The van der Waals surface area contributed by atoms with Crippen LogP contribution in [0.25, 0.3) is 22.0 Å². The van der Waals surface area contributed by atoms with Crippen molar-refractivity contribution in [1.29, 1.82) is 0 Å². The highest BCUT2D eigenvalue weighted by atomic mass is 16.1. The second-order valence-electron chi connectivity index (χ2n) is 7.80. The Morgan fingerprint density at radius 1 is 1.15 bits per heavy atom. The molecule has 1 aliphatic heterocycles. The number of nitrogens with zero attached hydrogens (tertiary/aromatic N) is 4. The first-order chi connectivity index (χ1) is 13.1. The molecule has 0 aliphatic carbocycles. The van der Waals surface area contributed by atoms with Crippen molar-refractivity contribution in [3.63, 3.8) is 0 Å². The van der Waals surface area contributed by atoms with Gasteiger partial charge in [0, 0.05) is 29.9 Å². The first-order valence-electron chi connectivity index (χ1n) is 9.68. The minimum atomic E-state index is 0.249. The number of aromatic nitrogens is 3. The van der Waals surface area contributed by atoms with Crippen LogP contribution in [0, 0.1) is 5.92 Å². The van der Waals surface area contributed by atoms with E-state index < -0.39 is 0 Å². The number of likely N-dealkylation sites (tertiary alicyclic amines) is 1. The molecule has 5 heteroatoms. The van der Waals surface area contributed by atoms with Crippen LogP contribution < -0.4 is 0 Å². The summed E-state index contributed by atoms with van der Waals surface area (Å²) in [4.78, 5) is 23.5. The largest absolute Gasteiger partial charge is 0.334 e. The van der Waals surface area contributed by atoms with E-state index in [1.165, 1.54) is 12.8 Å². The second-order valence-corrected chi connectivity index (χ2v) is 7.80. The van der Waals surface area contributed by atoms with E-state index in [0.29, 0.717) is 13.0 Å². The first-order valence-corrected chi connectivity index (χ1v) is 9.68. The minimum Gasteiger partial charge on any atom is -0.334 e. The molecule has 0 bridgehead atoms. The van der Waals surface area contributed by atoms with E-state index in [4.69, 9.17) is 0 Å². The third-order valence-electron chi connectivity index (χ3n) is 5.55. The maximum absolute atomic E-state index is 12.5. The average molecular weight is 362 g/mol. The van der Waals surface area contributed by atoms with Gasteiger partial charge in [-0.25, -0.2) is 4.98 Å². The predicted molar refractivity (Wildman–Crippen MR) is 107 cm³/mol. The van der Waals surface area contributed by atoms with Crippen molar-refractivity contribution < 1.29 is 4.79 Å². The van der Waals surface area contributed by atoms with Crippen LogP contribution in [0.5, 0.6) is 0 Å². The van der Waals surface area contributed by atoms with Crippen molar-refractivity contribution in [2.24, 2.45) is 13.0 Å². The summed E-state index contributed by atoms with van der Waals surface area (Å²) in [6.07, 6.45) is 8.33. The van der Waals surface area contributed by atoms with E-state index in [0.717, 1.165) is 46.7 Å². The quantitative estimate of drug-likeness (QED) is 0.697. The average Bonchev–Trinajstić information content (AvgIpc) is 3.09. The zero-order valence-corrected chi connectivity index (χ0v) is 16.1. The van der Waals surface area contributed by atoms with Gasteiger partial charge in [-0.15, -0.1) is 0 Å². The van der Waals surface area contributed by atoms with Gasteiger partial charge < -0.3 is 4.57 Å². The van der Waals surface area contributed by atoms with Gasteiger partial charge in [-0.05, 0) is 49.4 Å². The van der Waals surface area contributed by atoms with Crippen molar-refractivity contribution in [2.75, 3.05) is 19.6 Å². The summed E-state index contributed by atoms with van der Waals surface area (Å²) < 4.78 is 2.01. The van der Waals surface area contributed by atoms with Crippen molar-refractivity contribution >= 4 is 16.6 Å². The zero-order chi connectivity index (χ0) is 18.8. The van der Waals surface area contributed by atoms with Gasteiger partial charge in [0.1, 0.15) is 0 Å². The number of hydrogen-bond donors (Lipinski definition) is 0. The molecule has 1 aliphatic rings. The van der Waals surface area contributed by atoms with Crippen molar-refractivity contribution in [1.82, 2.24) is 19.4 Å². The number of imidazole rings is 1. The van der Waals surface area contributed by atoms with Crippen LogP contribution in [0.15, 0.2) is 43.0 Å². The SMILES string of the molecule is CC1CCN(CC(=O)Cc2cc3cc(-c4cncn4C)ccc3cn2)CC1. The van der Waals surface area contributed by atoms with Gasteiger partial charge in [-0.3, -0.25) is 14.7 Å². The van der Waals surface area contributed by atoms with E-state index in [9.17, 15) is 4.79 Å². The van der Waals surface area contributed by atoms with Crippen LogP contribution in [-0.4, -0.2) is 44.9 Å². The molecule has 0 unspecified atom stereocenters. The zero-order valence-electron chi connectivity index (χ0n) is 16.1. The highest BCUT2D eigenvalue weighted by Gasteiger charge is 2.18. The van der Waals surface area contributed by atoms with Crippen LogP contribution in [0.1, 0.15) is 25.5 Å². The Bertz CT molecular complexity index is 954. The molecule has 0 atom stereocenters. The fourth-order valence-electron chi connectivity index (χ4n) is 3.81. The van der Waals surface area contributed by atoms with Gasteiger partial charge in [-0.1, -0.05) is 19.1 Å². The molecule has 2 aromatic heterocycles. The molecule has 0 amide bonds. The molecule has 0 radical (unpaired) electrons. The predicted octanol–water partition coefficient (Wildman–Crippen LogP) is 3.48. The molecule has 1 fully saturated rings. The summed E-state index contributed by atoms with van der Waals surface area (Å²) in [7, 11) is 1.99. The Balaban J connectivity index is 1.49. The Kier molecular flexibility index (Phi) is 5.03. The van der Waals surface area contributed by atoms with Gasteiger partial charge >= 0.3 is 0 Å². The Morgan fingerprint density at radius 3 is 2.70 bits per heavy atom. The maximum Gasteiger partial charge on any atom is 0.152 e. The third kappa shape index (κ3) is 4.08. The number of pyridine rings is 1. The lowest BCUT2D eigenvalue weighted by atomic mass is 9.99. The topological polar surface area (TPSA) is 51.0 Å². The lowest BCUT2D eigenvalue weighted by Gasteiger charge is -2.29. The van der Waals surface area contributed by atoms with Gasteiger partial charge in [0.25, 0.3) is 0 Å². The number of piperidine rings is 1. The summed E-state index contributed by atoms with van der Waals surface area (Å²) in [5.41, 5.74) is 3.04. The number of benzene rings is 1. The second kappa shape index (κ2) is 7.61. The van der Waals surface area contributed by atoms with Gasteiger partial charge in [0.2, 0.25) is 0 Å². The van der Waals surface area contributed by atoms with E-state index >= 15 is 0 Å². The first kappa shape index (κ1) is 17.9. The summed E-state index contributed by atoms with van der Waals surface area (Å²) in [5.74, 6) is 1.03. The molecule has 1 saturated heterocycles. The normalized spacial score (nSPS) is 16.1.